The van der Waals surface area contributed by atoms with Crippen molar-refractivity contribution in [2.45, 2.75) is 296 Å². The zero-order valence-electron chi connectivity index (χ0n) is 50.2. The molecule has 0 atom stereocenters. The summed E-state index contributed by atoms with van der Waals surface area (Å²) in [6.07, 6.45) is 33.4. The number of rotatable bonds is 44. The third-order valence-electron chi connectivity index (χ3n) is 18.1. The molecule has 4 aromatic rings. The summed E-state index contributed by atoms with van der Waals surface area (Å²) in [5.41, 5.74) is -0.219. The van der Waals surface area contributed by atoms with E-state index in [1.165, 1.54) is 154 Å². The van der Waals surface area contributed by atoms with Crippen LogP contribution in [-0.4, -0.2) is 73.5 Å². The summed E-state index contributed by atoms with van der Waals surface area (Å²) in [6, 6.07) is 22.7. The van der Waals surface area contributed by atoms with Gasteiger partial charge < -0.3 is 0 Å². The second-order valence-electron chi connectivity index (χ2n) is 23.8. The van der Waals surface area contributed by atoms with Crippen molar-refractivity contribution in [1.82, 2.24) is 0 Å². The van der Waals surface area contributed by atoms with Crippen LogP contribution in [0.15, 0.2) is 48.5 Å². The Morgan fingerprint density at radius 3 is 0.493 bits per heavy atom. The van der Waals surface area contributed by atoms with Gasteiger partial charge in [-0.2, -0.15) is 0 Å². The first kappa shape index (κ1) is 67.5. The molecule has 0 saturated heterocycles. The van der Waals surface area contributed by atoms with Gasteiger partial charge in [0.15, 0.2) is 0 Å². The number of unbranched alkanes of at least 4 members (excludes halogenated alkanes) is 12. The SMILES string of the molecule is CCC[CH2][Sn]([CH2]CCC)([CH2]CCC)[c]1ccc(C(c2cc[c]([Sn]([CH2]CCC)([CH2]CCC)[CH2]CCC)s2)(c2cc[c]([Sn]([CH2]CCC)([CH2]CCC)[CH2]CCC)s2)c2cc[c]([Sn]([CH2]CCC)([CH2]CCC)[CH2]CCC)s2)s1. The number of thiophene rings is 4. The molecule has 0 aromatic carbocycles. The predicted octanol–water partition coefficient (Wildman–Crippen LogP) is 22.5. The Kier molecular flexibility index (Phi) is 33.7. The fourth-order valence-electron chi connectivity index (χ4n) is 13.2. The molecule has 4 aromatic heterocycles. The van der Waals surface area contributed by atoms with E-state index in [-0.39, 0.29) is 5.41 Å². The summed E-state index contributed by atoms with van der Waals surface area (Å²) < 4.78 is 26.5. The Balaban J connectivity index is 2.30. The van der Waals surface area contributed by atoms with Crippen molar-refractivity contribution in [3.63, 3.8) is 0 Å². The van der Waals surface area contributed by atoms with Crippen LogP contribution in [-0.2, 0) is 5.41 Å². The zero-order valence-corrected chi connectivity index (χ0v) is 64.9. The van der Waals surface area contributed by atoms with E-state index in [1.807, 2.05) is 11.6 Å². The van der Waals surface area contributed by atoms with Crippen molar-refractivity contribution in [2.75, 3.05) is 0 Å². The minimum absolute atomic E-state index is 0.219. The molecule has 0 aliphatic heterocycles. The average molecular weight is 1500 g/mol. The molecule has 4 heterocycles. The van der Waals surface area contributed by atoms with Crippen LogP contribution in [0.25, 0.3) is 0 Å². The first-order valence-electron chi connectivity index (χ1n) is 32.0. The Morgan fingerprint density at radius 1 is 0.233 bits per heavy atom. The van der Waals surface area contributed by atoms with Gasteiger partial charge in [-0.3, -0.25) is 0 Å². The van der Waals surface area contributed by atoms with Crippen LogP contribution in [0.1, 0.15) is 257 Å². The van der Waals surface area contributed by atoms with Crippen molar-refractivity contribution in [3.05, 3.63) is 68.0 Å². The summed E-state index contributed by atoms with van der Waals surface area (Å²) >= 11 is -1.43. The van der Waals surface area contributed by atoms with Crippen LogP contribution in [0.5, 0.6) is 0 Å². The Labute approximate surface area is 488 Å². The Morgan fingerprint density at radius 2 is 0.370 bits per heavy atom. The number of hydrogen-bond acceptors (Lipinski definition) is 4. The molecule has 0 saturated carbocycles. The zero-order chi connectivity index (χ0) is 53.1. The molecule has 0 N–H and O–H groups in total. The van der Waals surface area contributed by atoms with Crippen LogP contribution < -0.4 is 11.6 Å². The predicted molar refractivity (Wildman–Crippen MR) is 354 cm³/mol. The van der Waals surface area contributed by atoms with E-state index in [2.05, 4.69) is 177 Å². The molecule has 0 fully saturated rings. The van der Waals surface area contributed by atoms with Crippen LogP contribution >= 0.6 is 45.3 Å². The van der Waals surface area contributed by atoms with E-state index >= 15 is 0 Å². The second kappa shape index (κ2) is 36.5. The van der Waals surface area contributed by atoms with Crippen LogP contribution in [0.3, 0.4) is 0 Å². The first-order valence-corrected chi connectivity index (χ1v) is 65.2. The molecule has 0 spiro atoms. The van der Waals surface area contributed by atoms with Crippen molar-refractivity contribution in [1.29, 1.82) is 0 Å². The van der Waals surface area contributed by atoms with Gasteiger partial charge in [0.2, 0.25) is 0 Å². The van der Waals surface area contributed by atoms with Gasteiger partial charge in [-0.25, -0.2) is 0 Å². The van der Waals surface area contributed by atoms with Gasteiger partial charge in [-0.1, -0.05) is 0 Å². The fraction of sp³-hybridized carbons (Fsp3) is 0.754. The van der Waals surface area contributed by atoms with E-state index in [0.717, 1.165) is 0 Å². The second-order valence-corrected chi connectivity index (χ2v) is 84.7. The van der Waals surface area contributed by atoms with E-state index in [4.69, 9.17) is 0 Å². The van der Waals surface area contributed by atoms with Crippen LogP contribution in [0.2, 0.25) is 53.2 Å². The van der Waals surface area contributed by atoms with Crippen molar-refractivity contribution >= 4 is 130 Å². The van der Waals surface area contributed by atoms with Gasteiger partial charge in [0.1, 0.15) is 0 Å². The normalized spacial score (nSPS) is 13.0. The van der Waals surface area contributed by atoms with Gasteiger partial charge in [-0.05, 0) is 0 Å². The fourth-order valence-corrected chi connectivity index (χ4v) is 95.1. The van der Waals surface area contributed by atoms with Crippen molar-refractivity contribution in [3.8, 4) is 0 Å². The van der Waals surface area contributed by atoms with Crippen molar-refractivity contribution in [2.24, 2.45) is 0 Å². The topological polar surface area (TPSA) is 0 Å². The van der Waals surface area contributed by atoms with E-state index in [0.29, 0.717) is 0 Å². The van der Waals surface area contributed by atoms with E-state index in [1.54, 1.807) is 72.7 Å². The van der Waals surface area contributed by atoms with Crippen molar-refractivity contribution < 1.29 is 0 Å². The number of hydrogen-bond donors (Lipinski definition) is 0. The van der Waals surface area contributed by atoms with Gasteiger partial charge in [0.25, 0.3) is 0 Å². The molecular formula is C65H116S4Sn4. The Hall–Kier alpha value is 1.99. The molecule has 0 nitrogen and oxygen atoms in total. The molecule has 73 heavy (non-hydrogen) atoms. The summed E-state index contributed by atoms with van der Waals surface area (Å²) in [7, 11) is 0. The van der Waals surface area contributed by atoms with E-state index < -0.39 is 73.5 Å². The molecule has 0 radical (unpaired) electrons. The van der Waals surface area contributed by atoms with Gasteiger partial charge in [-0.15, -0.1) is 0 Å². The van der Waals surface area contributed by atoms with E-state index in [9.17, 15) is 0 Å². The monoisotopic (exact) mass is 1500 g/mol. The van der Waals surface area contributed by atoms with Gasteiger partial charge >= 0.3 is 494 Å². The molecule has 416 valence electrons. The first-order chi connectivity index (χ1) is 35.6. The quantitative estimate of drug-likeness (QED) is 0.0387. The molecular weight excluding hydrogens is 1380 g/mol. The van der Waals surface area contributed by atoms with Crippen LogP contribution in [0, 0.1) is 0 Å². The molecule has 8 heteroatoms. The molecule has 0 aliphatic carbocycles. The third-order valence-corrected chi connectivity index (χ3v) is 96.0. The van der Waals surface area contributed by atoms with Crippen LogP contribution in [0.4, 0.5) is 0 Å². The average Bonchev–Trinajstić information content (AvgIpc) is 4.29. The third kappa shape index (κ3) is 18.0. The molecule has 0 amide bonds. The molecule has 0 unspecified atom stereocenters. The maximum atomic E-state index is 2.84. The maximum absolute atomic E-state index is 2.84. The summed E-state index contributed by atoms with van der Waals surface area (Å²) in [5, 5.41) is 0. The standard InChI is InChI=1S/C17H8S4.12C4H9.4Sn/c1-5-13(18-9-1)17(14-6-2-10-19-14,15-7-3-11-20-15)16-8-4-12-21-16;12*1-3-4-2;;;;/h1-8H;12*1,3-4H2,2H3;;;;. The summed E-state index contributed by atoms with van der Waals surface area (Å²) in [6.45, 7) is 29.7. The summed E-state index contributed by atoms with van der Waals surface area (Å²) in [5.74, 6) is 0. The summed E-state index contributed by atoms with van der Waals surface area (Å²) in [4.78, 5) is 6.92. The van der Waals surface area contributed by atoms with Gasteiger partial charge in [0.05, 0.1) is 0 Å². The molecule has 0 bridgehead atoms. The van der Waals surface area contributed by atoms with Gasteiger partial charge in [0, 0.05) is 0 Å². The Bertz CT molecular complexity index is 1640. The minimum atomic E-state index is -2.78. The molecule has 4 rings (SSSR count). The molecule has 0 aliphatic rings.